The lowest BCUT2D eigenvalue weighted by Gasteiger charge is -2.13. The van der Waals surface area contributed by atoms with Gasteiger partial charge in [-0.05, 0) is 55.0 Å². The predicted molar refractivity (Wildman–Crippen MR) is 121 cm³/mol. The number of nitrogens with zero attached hydrogens (tertiary/aromatic N) is 1. The number of amides is 1. The number of hydrogen-bond donors (Lipinski definition) is 2. The quantitative estimate of drug-likeness (QED) is 0.440. The molecule has 0 unspecified atom stereocenters. The number of benzene rings is 3. The van der Waals surface area contributed by atoms with Gasteiger partial charge in [-0.2, -0.15) is 0 Å². The number of hydrogen-bond acceptors (Lipinski definition) is 5. The van der Waals surface area contributed by atoms with Crippen LogP contribution in [0.1, 0.15) is 15.9 Å². The molecular formula is C25H22N2O4. The van der Waals surface area contributed by atoms with Crippen LogP contribution in [0.15, 0.2) is 66.7 Å². The maximum Gasteiger partial charge on any atom is 0.256 e. The fraction of sp³-hybridized carbons (Fsp3) is 0.120. The molecule has 156 valence electrons. The molecule has 6 heteroatoms. The highest BCUT2D eigenvalue weighted by atomic mass is 16.5. The molecule has 0 saturated carbocycles. The van der Waals surface area contributed by atoms with E-state index < -0.39 is 0 Å². The molecular weight excluding hydrogens is 392 g/mol. The zero-order valence-corrected chi connectivity index (χ0v) is 17.5. The molecule has 6 nitrogen and oxygen atoms in total. The second-order valence-corrected chi connectivity index (χ2v) is 7.12. The Bertz CT molecular complexity index is 1280. The Kier molecular flexibility index (Phi) is 5.45. The van der Waals surface area contributed by atoms with Crippen molar-refractivity contribution < 1.29 is 19.4 Å². The van der Waals surface area contributed by atoms with Gasteiger partial charge in [0, 0.05) is 10.9 Å². The Hall–Kier alpha value is -4.06. The Morgan fingerprint density at radius 1 is 0.935 bits per heavy atom. The van der Waals surface area contributed by atoms with Gasteiger partial charge in [-0.25, -0.2) is 4.98 Å². The summed E-state index contributed by atoms with van der Waals surface area (Å²) in [6, 6.07) is 19.8. The summed E-state index contributed by atoms with van der Waals surface area (Å²) in [6.07, 6.45) is 0. The van der Waals surface area contributed by atoms with Crippen LogP contribution < -0.4 is 14.8 Å². The number of para-hydroxylation sites is 1. The van der Waals surface area contributed by atoms with Gasteiger partial charge < -0.3 is 19.9 Å². The van der Waals surface area contributed by atoms with E-state index in [1.807, 2.05) is 49.4 Å². The number of carbonyl (C=O) groups excluding carboxylic acids is 1. The molecule has 0 aliphatic heterocycles. The fourth-order valence-corrected chi connectivity index (χ4v) is 3.44. The van der Waals surface area contributed by atoms with Crippen molar-refractivity contribution in [3.63, 3.8) is 0 Å². The molecule has 1 aromatic heterocycles. The topological polar surface area (TPSA) is 80.7 Å². The number of phenolic OH excluding ortho intramolecular Hbond substituents is 1. The van der Waals surface area contributed by atoms with Gasteiger partial charge in [0.1, 0.15) is 5.75 Å². The molecule has 0 atom stereocenters. The molecule has 4 rings (SSSR count). The van der Waals surface area contributed by atoms with Crippen LogP contribution in [-0.4, -0.2) is 30.2 Å². The zero-order valence-electron chi connectivity index (χ0n) is 17.5. The molecule has 0 spiro atoms. The van der Waals surface area contributed by atoms with Gasteiger partial charge in [-0.15, -0.1) is 0 Å². The molecule has 0 fully saturated rings. The lowest BCUT2D eigenvalue weighted by molar-refractivity contribution is 0.102. The molecule has 1 amide bonds. The van der Waals surface area contributed by atoms with Crippen molar-refractivity contribution in [2.45, 2.75) is 6.92 Å². The van der Waals surface area contributed by atoms with Crippen LogP contribution in [0.4, 0.5) is 5.69 Å². The third-order valence-corrected chi connectivity index (χ3v) is 5.04. The number of anilines is 1. The number of nitrogens with one attached hydrogen (secondary N) is 1. The highest BCUT2D eigenvalue weighted by molar-refractivity contribution is 6.13. The number of phenols is 1. The van der Waals surface area contributed by atoms with Crippen LogP contribution >= 0.6 is 0 Å². The van der Waals surface area contributed by atoms with Gasteiger partial charge in [0.2, 0.25) is 0 Å². The maximum absolute atomic E-state index is 13.2. The van der Waals surface area contributed by atoms with Crippen molar-refractivity contribution in [2.24, 2.45) is 0 Å². The summed E-state index contributed by atoms with van der Waals surface area (Å²) in [6.45, 7) is 1.87. The number of fused-ring (bicyclic) bond motifs is 1. The van der Waals surface area contributed by atoms with Gasteiger partial charge in [-0.1, -0.05) is 24.3 Å². The standard InChI is InChI=1S/C25H22N2O4/c1-15-8-10-20(22(28)12-15)27-25(29)18-14-21(26-19-7-5-4-6-17(18)19)16-9-11-23(30-2)24(13-16)31-3/h4-14,28H,1-3H3,(H,27,29). The highest BCUT2D eigenvalue weighted by Gasteiger charge is 2.16. The number of pyridine rings is 1. The number of rotatable bonds is 5. The summed E-state index contributed by atoms with van der Waals surface area (Å²) in [5, 5.41) is 13.7. The summed E-state index contributed by atoms with van der Waals surface area (Å²) in [5.74, 6) is 0.872. The fourth-order valence-electron chi connectivity index (χ4n) is 3.44. The molecule has 0 saturated heterocycles. The van der Waals surface area contributed by atoms with E-state index in [4.69, 9.17) is 14.5 Å². The van der Waals surface area contributed by atoms with E-state index in [1.165, 1.54) is 0 Å². The van der Waals surface area contributed by atoms with Gasteiger partial charge in [0.15, 0.2) is 11.5 Å². The summed E-state index contributed by atoms with van der Waals surface area (Å²) >= 11 is 0. The van der Waals surface area contributed by atoms with Gasteiger partial charge in [-0.3, -0.25) is 4.79 Å². The summed E-state index contributed by atoms with van der Waals surface area (Å²) in [5.41, 5.74) is 3.81. The second kappa shape index (κ2) is 8.36. The SMILES string of the molecule is COc1ccc(-c2cc(C(=O)Nc3ccc(C)cc3O)c3ccccc3n2)cc1OC. The number of aromatic hydroxyl groups is 1. The number of methoxy groups -OCH3 is 2. The van der Waals surface area contributed by atoms with Gasteiger partial charge in [0.05, 0.1) is 36.7 Å². The lowest BCUT2D eigenvalue weighted by atomic mass is 10.0. The van der Waals surface area contributed by atoms with Crippen molar-refractivity contribution in [1.82, 2.24) is 4.98 Å². The second-order valence-electron chi connectivity index (χ2n) is 7.12. The molecule has 4 aromatic rings. The average molecular weight is 414 g/mol. The number of aromatic nitrogens is 1. The van der Waals surface area contributed by atoms with E-state index in [0.717, 1.165) is 16.5 Å². The smallest absolute Gasteiger partial charge is 0.256 e. The van der Waals surface area contributed by atoms with E-state index in [0.29, 0.717) is 34.0 Å². The normalized spacial score (nSPS) is 10.7. The first kappa shape index (κ1) is 20.2. The summed E-state index contributed by atoms with van der Waals surface area (Å²) in [7, 11) is 3.15. The van der Waals surface area contributed by atoms with Crippen molar-refractivity contribution in [2.75, 3.05) is 19.5 Å². The van der Waals surface area contributed by atoms with Crippen molar-refractivity contribution in [3.8, 4) is 28.5 Å². The van der Waals surface area contributed by atoms with Gasteiger partial charge >= 0.3 is 0 Å². The Morgan fingerprint density at radius 2 is 1.71 bits per heavy atom. The minimum Gasteiger partial charge on any atom is -0.506 e. The molecule has 1 heterocycles. The molecule has 31 heavy (non-hydrogen) atoms. The molecule has 0 aliphatic rings. The van der Waals surface area contributed by atoms with Crippen molar-refractivity contribution in [3.05, 3.63) is 77.9 Å². The summed E-state index contributed by atoms with van der Waals surface area (Å²) in [4.78, 5) is 17.9. The third-order valence-electron chi connectivity index (χ3n) is 5.04. The van der Waals surface area contributed by atoms with E-state index in [9.17, 15) is 9.90 Å². The van der Waals surface area contributed by atoms with E-state index in [1.54, 1.807) is 38.5 Å². The summed E-state index contributed by atoms with van der Waals surface area (Å²) < 4.78 is 10.7. The van der Waals surface area contributed by atoms with E-state index in [-0.39, 0.29) is 11.7 Å². The molecule has 3 aromatic carbocycles. The zero-order chi connectivity index (χ0) is 22.0. The van der Waals surface area contributed by atoms with Gasteiger partial charge in [0.25, 0.3) is 5.91 Å². The van der Waals surface area contributed by atoms with Crippen molar-refractivity contribution >= 4 is 22.5 Å². The monoisotopic (exact) mass is 414 g/mol. The average Bonchev–Trinajstić information content (AvgIpc) is 2.79. The number of ether oxygens (including phenoxy) is 2. The van der Waals surface area contributed by atoms with Crippen LogP contribution in [0, 0.1) is 6.92 Å². The largest absolute Gasteiger partial charge is 0.506 e. The van der Waals surface area contributed by atoms with Crippen molar-refractivity contribution in [1.29, 1.82) is 0 Å². The minimum absolute atomic E-state index is 0.0202. The minimum atomic E-state index is -0.334. The van der Waals surface area contributed by atoms with Crippen LogP contribution in [0.3, 0.4) is 0 Å². The maximum atomic E-state index is 13.2. The Balaban J connectivity index is 1.81. The van der Waals surface area contributed by atoms with Crippen LogP contribution in [-0.2, 0) is 0 Å². The Labute approximate surface area is 180 Å². The molecule has 0 bridgehead atoms. The number of carbonyl (C=O) groups is 1. The molecule has 0 aliphatic carbocycles. The molecule has 0 radical (unpaired) electrons. The first-order valence-corrected chi connectivity index (χ1v) is 9.73. The van der Waals surface area contributed by atoms with E-state index in [2.05, 4.69) is 5.32 Å². The first-order valence-electron chi connectivity index (χ1n) is 9.73. The van der Waals surface area contributed by atoms with Crippen LogP contribution in [0.25, 0.3) is 22.2 Å². The van der Waals surface area contributed by atoms with Crippen LogP contribution in [0.5, 0.6) is 17.2 Å². The number of aryl methyl sites for hydroxylation is 1. The van der Waals surface area contributed by atoms with Crippen LogP contribution in [0.2, 0.25) is 0 Å². The lowest BCUT2D eigenvalue weighted by Crippen LogP contribution is -2.13. The first-order chi connectivity index (χ1) is 15.0. The predicted octanol–water partition coefficient (Wildman–Crippen LogP) is 5.19. The van der Waals surface area contributed by atoms with E-state index >= 15 is 0 Å². The molecule has 2 N–H and O–H groups in total. The Morgan fingerprint density at radius 3 is 2.45 bits per heavy atom. The third kappa shape index (κ3) is 4.00. The highest BCUT2D eigenvalue weighted by Crippen LogP contribution is 2.33.